The Hall–Kier alpha value is -3.12. The van der Waals surface area contributed by atoms with Crippen LogP contribution < -0.4 is 5.43 Å². The van der Waals surface area contributed by atoms with Crippen LogP contribution in [-0.2, 0) is 6.54 Å². The smallest absolute Gasteiger partial charge is 0.201 e. The fraction of sp³-hybridized carbons (Fsp3) is 0.130. The maximum Gasteiger partial charge on any atom is 0.201 e. The number of ketones is 1. The van der Waals surface area contributed by atoms with Gasteiger partial charge in [-0.25, -0.2) is 8.78 Å². The van der Waals surface area contributed by atoms with Gasteiger partial charge in [-0.05, 0) is 37.1 Å². The molecule has 6 heteroatoms. The molecule has 4 aromatic rings. The van der Waals surface area contributed by atoms with Crippen LogP contribution in [0.4, 0.5) is 8.78 Å². The van der Waals surface area contributed by atoms with E-state index >= 15 is 0 Å². The molecule has 3 nitrogen and oxygen atoms in total. The molecular formula is C23H17F2NO2S. The fourth-order valence-electron chi connectivity index (χ4n) is 3.46. The molecule has 0 saturated carbocycles. The number of pyridine rings is 1. The number of Topliss-reactive ketones (excluding diaryl/α,β-unsaturated/α-hetero) is 1. The second-order valence-electron chi connectivity index (χ2n) is 6.86. The third-order valence-corrected chi connectivity index (χ3v) is 6.33. The molecule has 2 heterocycles. The molecule has 0 aliphatic carbocycles. The second kappa shape index (κ2) is 7.37. The van der Waals surface area contributed by atoms with E-state index in [1.54, 1.807) is 4.57 Å². The molecule has 29 heavy (non-hydrogen) atoms. The van der Waals surface area contributed by atoms with Crippen LogP contribution in [0.3, 0.4) is 0 Å². The summed E-state index contributed by atoms with van der Waals surface area (Å²) >= 11 is 1.38. The topological polar surface area (TPSA) is 39.1 Å². The molecule has 0 saturated heterocycles. The summed E-state index contributed by atoms with van der Waals surface area (Å²) in [5, 5.41) is 0.415. The van der Waals surface area contributed by atoms with Crippen LogP contribution in [0.1, 0.15) is 28.4 Å². The Balaban J connectivity index is 2.02. The summed E-state index contributed by atoms with van der Waals surface area (Å²) in [6.07, 6.45) is 1.41. The van der Waals surface area contributed by atoms with Crippen LogP contribution >= 0.6 is 11.3 Å². The summed E-state index contributed by atoms with van der Waals surface area (Å²) in [7, 11) is 0. The first kappa shape index (κ1) is 19.2. The number of benzene rings is 2. The Kier molecular flexibility index (Phi) is 4.88. The van der Waals surface area contributed by atoms with Gasteiger partial charge in [-0.1, -0.05) is 36.4 Å². The predicted molar refractivity (Wildman–Crippen MR) is 112 cm³/mol. The van der Waals surface area contributed by atoms with Crippen molar-refractivity contribution in [2.75, 3.05) is 0 Å². The molecule has 0 bridgehead atoms. The Bertz CT molecular complexity index is 1290. The number of fused-ring (bicyclic) bond motifs is 1. The van der Waals surface area contributed by atoms with Crippen molar-refractivity contribution in [3.05, 3.63) is 93.3 Å². The maximum absolute atomic E-state index is 14.2. The van der Waals surface area contributed by atoms with Gasteiger partial charge in [0.2, 0.25) is 5.43 Å². The van der Waals surface area contributed by atoms with Gasteiger partial charge in [0, 0.05) is 16.6 Å². The molecule has 0 radical (unpaired) electrons. The van der Waals surface area contributed by atoms with Gasteiger partial charge in [-0.15, -0.1) is 11.3 Å². The van der Waals surface area contributed by atoms with E-state index in [-0.39, 0.29) is 28.9 Å². The molecule has 0 aliphatic heterocycles. The van der Waals surface area contributed by atoms with Crippen molar-refractivity contribution in [3.63, 3.8) is 0 Å². The van der Waals surface area contributed by atoms with Crippen molar-refractivity contribution in [3.8, 4) is 10.4 Å². The van der Waals surface area contributed by atoms with Gasteiger partial charge in [0.25, 0.3) is 0 Å². The van der Waals surface area contributed by atoms with E-state index < -0.39 is 11.6 Å². The molecule has 0 fully saturated rings. The quantitative estimate of drug-likeness (QED) is 0.414. The lowest BCUT2D eigenvalue weighted by Crippen LogP contribution is -2.18. The van der Waals surface area contributed by atoms with Crippen molar-refractivity contribution < 1.29 is 13.6 Å². The SMILES string of the molecule is CC(=O)c1cn(Cc2c(F)cccc2F)c2sc(-c3ccccc3)c(C)c2c1=O. The monoisotopic (exact) mass is 409 g/mol. The number of thiophene rings is 1. The Labute approximate surface area is 169 Å². The molecule has 2 aromatic heterocycles. The van der Waals surface area contributed by atoms with E-state index in [0.29, 0.717) is 10.2 Å². The first-order chi connectivity index (χ1) is 13.9. The zero-order valence-corrected chi connectivity index (χ0v) is 16.6. The van der Waals surface area contributed by atoms with Crippen LogP contribution in [-0.4, -0.2) is 10.4 Å². The van der Waals surface area contributed by atoms with Gasteiger partial charge in [0.1, 0.15) is 16.5 Å². The zero-order valence-electron chi connectivity index (χ0n) is 15.8. The lowest BCUT2D eigenvalue weighted by Gasteiger charge is -2.12. The lowest BCUT2D eigenvalue weighted by atomic mass is 10.1. The minimum atomic E-state index is -0.669. The molecule has 0 amide bonds. The maximum atomic E-state index is 14.2. The second-order valence-corrected chi connectivity index (χ2v) is 7.86. The molecule has 0 N–H and O–H groups in total. The molecule has 2 aromatic carbocycles. The number of hydrogen-bond acceptors (Lipinski definition) is 3. The predicted octanol–water partition coefficient (Wildman–Crippen LogP) is 5.57. The van der Waals surface area contributed by atoms with Crippen LogP contribution in [0.2, 0.25) is 0 Å². The zero-order chi connectivity index (χ0) is 20.7. The molecule has 146 valence electrons. The van der Waals surface area contributed by atoms with Crippen LogP contribution in [0.5, 0.6) is 0 Å². The number of aryl methyl sites for hydroxylation is 1. The standard InChI is InChI=1S/C23H17F2NO2S/c1-13-20-21(28)16(14(2)27)11-26(12-17-18(24)9-6-10-19(17)25)23(20)29-22(13)15-7-4-3-5-8-15/h3-11H,12H2,1-2H3. The molecule has 0 atom stereocenters. The number of hydrogen-bond donors (Lipinski definition) is 0. The largest absolute Gasteiger partial charge is 0.334 e. The summed E-state index contributed by atoms with van der Waals surface area (Å²) < 4.78 is 30.1. The number of aromatic nitrogens is 1. The first-order valence-electron chi connectivity index (χ1n) is 9.04. The first-order valence-corrected chi connectivity index (χ1v) is 9.86. The van der Waals surface area contributed by atoms with Crippen LogP contribution in [0.15, 0.2) is 59.5 Å². The van der Waals surface area contributed by atoms with Crippen LogP contribution in [0.25, 0.3) is 20.7 Å². The average Bonchev–Trinajstić information content (AvgIpc) is 3.05. The number of nitrogens with zero attached hydrogens (tertiary/aromatic N) is 1. The van der Waals surface area contributed by atoms with Crippen LogP contribution in [0, 0.1) is 18.6 Å². The van der Waals surface area contributed by atoms with Crippen molar-refractivity contribution in [2.45, 2.75) is 20.4 Å². The van der Waals surface area contributed by atoms with E-state index in [1.165, 1.54) is 42.7 Å². The van der Waals surface area contributed by atoms with Crippen molar-refractivity contribution >= 4 is 27.3 Å². The highest BCUT2D eigenvalue weighted by atomic mass is 32.1. The van der Waals surface area contributed by atoms with Gasteiger partial charge in [-0.3, -0.25) is 9.59 Å². The van der Waals surface area contributed by atoms with Gasteiger partial charge >= 0.3 is 0 Å². The van der Waals surface area contributed by atoms with Gasteiger partial charge < -0.3 is 4.57 Å². The normalized spacial score (nSPS) is 11.2. The van der Waals surface area contributed by atoms with Gasteiger partial charge in [0.15, 0.2) is 5.78 Å². The third-order valence-electron chi connectivity index (χ3n) is 4.95. The van der Waals surface area contributed by atoms with Crippen molar-refractivity contribution in [1.82, 2.24) is 4.57 Å². The molecule has 0 spiro atoms. The Morgan fingerprint density at radius 1 is 1.03 bits per heavy atom. The summed E-state index contributed by atoms with van der Waals surface area (Å²) in [5.74, 6) is -1.72. The van der Waals surface area contributed by atoms with E-state index in [1.807, 2.05) is 37.3 Å². The summed E-state index contributed by atoms with van der Waals surface area (Å²) in [5.41, 5.74) is 1.24. The number of carbonyl (C=O) groups is 1. The van der Waals surface area contributed by atoms with E-state index in [4.69, 9.17) is 0 Å². The number of rotatable bonds is 4. The minimum absolute atomic E-state index is 0.00904. The Morgan fingerprint density at radius 3 is 2.31 bits per heavy atom. The highest BCUT2D eigenvalue weighted by molar-refractivity contribution is 7.22. The summed E-state index contributed by atoms with van der Waals surface area (Å²) in [6.45, 7) is 3.03. The molecule has 4 rings (SSSR count). The summed E-state index contributed by atoms with van der Waals surface area (Å²) in [6, 6.07) is 13.3. The highest BCUT2D eigenvalue weighted by Gasteiger charge is 2.21. The molecule has 0 unspecified atom stereocenters. The average molecular weight is 409 g/mol. The van der Waals surface area contributed by atoms with E-state index in [2.05, 4.69) is 0 Å². The number of halogens is 2. The minimum Gasteiger partial charge on any atom is -0.334 e. The molecule has 0 aliphatic rings. The van der Waals surface area contributed by atoms with Crippen molar-refractivity contribution in [1.29, 1.82) is 0 Å². The fourth-order valence-corrected chi connectivity index (χ4v) is 4.75. The van der Waals surface area contributed by atoms with E-state index in [9.17, 15) is 18.4 Å². The van der Waals surface area contributed by atoms with Gasteiger partial charge in [-0.2, -0.15) is 0 Å². The summed E-state index contributed by atoms with van der Waals surface area (Å²) in [4.78, 5) is 26.5. The Morgan fingerprint density at radius 2 is 1.69 bits per heavy atom. The van der Waals surface area contributed by atoms with E-state index in [0.717, 1.165) is 16.0 Å². The van der Waals surface area contributed by atoms with Gasteiger partial charge in [0.05, 0.1) is 17.5 Å². The highest BCUT2D eigenvalue weighted by Crippen LogP contribution is 2.37. The lowest BCUT2D eigenvalue weighted by molar-refractivity contribution is 0.101. The van der Waals surface area contributed by atoms with Crippen molar-refractivity contribution in [2.24, 2.45) is 0 Å². The number of carbonyl (C=O) groups excluding carboxylic acids is 1. The third kappa shape index (κ3) is 3.29. The molecular weight excluding hydrogens is 392 g/mol.